The van der Waals surface area contributed by atoms with Crippen LogP contribution in [0, 0.1) is 0 Å². The minimum atomic E-state index is -0.0155. The van der Waals surface area contributed by atoms with Gasteiger partial charge < -0.3 is 15.0 Å². The number of benzene rings is 1. The first-order valence-corrected chi connectivity index (χ1v) is 9.98. The summed E-state index contributed by atoms with van der Waals surface area (Å²) in [7, 11) is 1.63. The van der Waals surface area contributed by atoms with Crippen molar-refractivity contribution < 1.29 is 14.3 Å². The highest BCUT2D eigenvalue weighted by atomic mass is 32.1. The van der Waals surface area contributed by atoms with Gasteiger partial charge in [0, 0.05) is 39.3 Å². The number of ether oxygens (including phenoxy) is 1. The molecule has 2 aromatic rings. The van der Waals surface area contributed by atoms with Crippen molar-refractivity contribution in [3.63, 3.8) is 0 Å². The van der Waals surface area contributed by atoms with Gasteiger partial charge in [-0.3, -0.25) is 14.5 Å². The van der Waals surface area contributed by atoms with E-state index < -0.39 is 0 Å². The lowest BCUT2D eigenvalue weighted by Crippen LogP contribution is -2.50. The molecule has 1 N–H and O–H groups in total. The minimum absolute atomic E-state index is 0.0155. The molecule has 1 aliphatic rings. The monoisotopic (exact) mass is 387 g/mol. The average molecular weight is 388 g/mol. The number of nitrogens with zero attached hydrogens (tertiary/aromatic N) is 2. The summed E-state index contributed by atoms with van der Waals surface area (Å²) in [4.78, 5) is 29.4. The number of carbonyl (C=O) groups excluding carboxylic acids is 2. The Balaban J connectivity index is 1.36. The van der Waals surface area contributed by atoms with Crippen LogP contribution < -0.4 is 10.1 Å². The van der Waals surface area contributed by atoms with Gasteiger partial charge in [0.15, 0.2) is 0 Å². The molecule has 1 aliphatic heterocycles. The number of hydrogen-bond acceptors (Lipinski definition) is 5. The van der Waals surface area contributed by atoms with Gasteiger partial charge in [0.25, 0.3) is 5.91 Å². The molecular formula is C20H25N3O3S. The van der Waals surface area contributed by atoms with Gasteiger partial charge in [-0.05, 0) is 29.1 Å². The molecule has 144 valence electrons. The summed E-state index contributed by atoms with van der Waals surface area (Å²) < 4.78 is 5.14. The fourth-order valence-corrected chi connectivity index (χ4v) is 3.71. The zero-order valence-corrected chi connectivity index (χ0v) is 16.3. The highest BCUT2D eigenvalue weighted by Crippen LogP contribution is 2.13. The van der Waals surface area contributed by atoms with E-state index in [1.807, 2.05) is 46.7 Å². The van der Waals surface area contributed by atoms with Crippen LogP contribution in [0.2, 0.25) is 0 Å². The molecule has 1 aromatic heterocycles. The molecule has 6 nitrogen and oxygen atoms in total. The van der Waals surface area contributed by atoms with Gasteiger partial charge in [-0.1, -0.05) is 18.2 Å². The SMILES string of the molecule is COc1ccc(CC(=O)N2CCN(CCNC(=O)c3cccs3)CC2)cc1. The quantitative estimate of drug-likeness (QED) is 0.788. The fourth-order valence-electron chi connectivity index (χ4n) is 3.07. The van der Waals surface area contributed by atoms with E-state index in [0.29, 0.717) is 13.0 Å². The Hall–Kier alpha value is -2.38. The van der Waals surface area contributed by atoms with Gasteiger partial charge in [-0.2, -0.15) is 0 Å². The molecule has 27 heavy (non-hydrogen) atoms. The summed E-state index contributed by atoms with van der Waals surface area (Å²) in [6, 6.07) is 11.3. The number of hydrogen-bond donors (Lipinski definition) is 1. The number of methoxy groups -OCH3 is 1. The molecule has 0 bridgehead atoms. The van der Waals surface area contributed by atoms with E-state index in [9.17, 15) is 9.59 Å². The van der Waals surface area contributed by atoms with Gasteiger partial charge in [0.1, 0.15) is 5.75 Å². The lowest BCUT2D eigenvalue weighted by Gasteiger charge is -2.34. The predicted octanol–water partition coefficient (Wildman–Crippen LogP) is 1.87. The summed E-state index contributed by atoms with van der Waals surface area (Å²) in [5, 5.41) is 4.85. The maximum Gasteiger partial charge on any atom is 0.261 e. The van der Waals surface area contributed by atoms with E-state index in [-0.39, 0.29) is 11.8 Å². The Morgan fingerprint density at radius 3 is 2.48 bits per heavy atom. The third-order valence-electron chi connectivity index (χ3n) is 4.70. The van der Waals surface area contributed by atoms with Crippen LogP contribution >= 0.6 is 11.3 Å². The highest BCUT2D eigenvalue weighted by molar-refractivity contribution is 7.12. The van der Waals surface area contributed by atoms with Crippen molar-refractivity contribution in [3.8, 4) is 5.75 Å². The Labute approximate surface area is 163 Å². The van der Waals surface area contributed by atoms with Crippen LogP contribution in [0.1, 0.15) is 15.2 Å². The first-order chi connectivity index (χ1) is 13.2. The maximum absolute atomic E-state index is 12.5. The number of amides is 2. The Morgan fingerprint density at radius 2 is 1.85 bits per heavy atom. The Kier molecular flexibility index (Phi) is 6.84. The van der Waals surface area contributed by atoms with Crippen molar-refractivity contribution in [1.82, 2.24) is 15.1 Å². The van der Waals surface area contributed by atoms with Crippen molar-refractivity contribution in [2.75, 3.05) is 46.4 Å². The number of piperazine rings is 1. The lowest BCUT2D eigenvalue weighted by molar-refractivity contribution is -0.132. The van der Waals surface area contributed by atoms with E-state index in [2.05, 4.69) is 10.2 Å². The predicted molar refractivity (Wildman–Crippen MR) is 106 cm³/mol. The molecule has 2 amide bonds. The Morgan fingerprint density at radius 1 is 1.11 bits per heavy atom. The van der Waals surface area contributed by atoms with Crippen molar-refractivity contribution in [2.24, 2.45) is 0 Å². The third-order valence-corrected chi connectivity index (χ3v) is 5.57. The molecule has 0 spiro atoms. The summed E-state index contributed by atoms with van der Waals surface area (Å²) in [6.45, 7) is 4.56. The maximum atomic E-state index is 12.5. The van der Waals surface area contributed by atoms with Crippen molar-refractivity contribution >= 4 is 23.2 Å². The molecule has 7 heteroatoms. The molecule has 0 atom stereocenters. The van der Waals surface area contributed by atoms with Crippen molar-refractivity contribution in [2.45, 2.75) is 6.42 Å². The normalized spacial score (nSPS) is 14.8. The fraction of sp³-hybridized carbons (Fsp3) is 0.400. The molecule has 1 saturated heterocycles. The molecule has 0 saturated carbocycles. The molecule has 0 radical (unpaired) electrons. The van der Waals surface area contributed by atoms with Gasteiger partial charge in [0.2, 0.25) is 5.91 Å². The topological polar surface area (TPSA) is 61.9 Å². The molecule has 0 unspecified atom stereocenters. The average Bonchev–Trinajstić information content (AvgIpc) is 3.24. The molecule has 1 fully saturated rings. The summed E-state index contributed by atoms with van der Waals surface area (Å²) >= 11 is 1.45. The second-order valence-corrected chi connectivity index (χ2v) is 7.43. The second kappa shape index (κ2) is 9.53. The van der Waals surface area contributed by atoms with Gasteiger partial charge in [-0.15, -0.1) is 11.3 Å². The summed E-state index contributed by atoms with van der Waals surface area (Å²) in [6.07, 6.45) is 0.418. The largest absolute Gasteiger partial charge is 0.497 e. The first-order valence-electron chi connectivity index (χ1n) is 9.10. The zero-order chi connectivity index (χ0) is 19.1. The number of thiophene rings is 1. The zero-order valence-electron chi connectivity index (χ0n) is 15.5. The first kappa shape index (κ1) is 19.4. The Bertz CT molecular complexity index is 738. The van der Waals surface area contributed by atoms with Crippen molar-refractivity contribution in [1.29, 1.82) is 0 Å². The van der Waals surface area contributed by atoms with E-state index in [1.54, 1.807) is 7.11 Å². The number of rotatable bonds is 7. The van der Waals surface area contributed by atoms with Crippen LogP contribution in [0.15, 0.2) is 41.8 Å². The van der Waals surface area contributed by atoms with Gasteiger partial charge in [0.05, 0.1) is 18.4 Å². The standard InChI is InChI=1S/C20H25N3O3S/c1-26-17-6-4-16(5-7-17)15-19(24)23-12-10-22(11-13-23)9-8-21-20(25)18-3-2-14-27-18/h2-7,14H,8-13,15H2,1H3,(H,21,25). The molecule has 1 aromatic carbocycles. The smallest absolute Gasteiger partial charge is 0.261 e. The molecule has 2 heterocycles. The minimum Gasteiger partial charge on any atom is -0.497 e. The van der Waals surface area contributed by atoms with E-state index >= 15 is 0 Å². The molecule has 0 aliphatic carbocycles. The lowest BCUT2D eigenvalue weighted by atomic mass is 10.1. The van der Waals surface area contributed by atoms with Crippen LogP contribution in [0.4, 0.5) is 0 Å². The summed E-state index contributed by atoms with van der Waals surface area (Å²) in [5.74, 6) is 0.940. The number of carbonyl (C=O) groups is 2. The van der Waals surface area contributed by atoms with E-state index in [1.165, 1.54) is 11.3 Å². The molecule has 3 rings (SSSR count). The van der Waals surface area contributed by atoms with Crippen LogP contribution in [0.5, 0.6) is 5.75 Å². The van der Waals surface area contributed by atoms with Crippen LogP contribution in [-0.4, -0.2) is 68.0 Å². The molecular weight excluding hydrogens is 362 g/mol. The van der Waals surface area contributed by atoms with Crippen LogP contribution in [-0.2, 0) is 11.2 Å². The second-order valence-electron chi connectivity index (χ2n) is 6.48. The van der Waals surface area contributed by atoms with Crippen LogP contribution in [0.3, 0.4) is 0 Å². The third kappa shape index (κ3) is 5.55. The van der Waals surface area contributed by atoms with E-state index in [0.717, 1.165) is 48.9 Å². The van der Waals surface area contributed by atoms with Gasteiger partial charge >= 0.3 is 0 Å². The summed E-state index contributed by atoms with van der Waals surface area (Å²) in [5.41, 5.74) is 1.000. The van der Waals surface area contributed by atoms with Crippen molar-refractivity contribution in [3.05, 3.63) is 52.2 Å². The van der Waals surface area contributed by atoms with E-state index in [4.69, 9.17) is 4.74 Å². The van der Waals surface area contributed by atoms with Gasteiger partial charge in [-0.25, -0.2) is 0 Å². The number of nitrogens with one attached hydrogen (secondary N) is 1. The highest BCUT2D eigenvalue weighted by Gasteiger charge is 2.21. The van der Waals surface area contributed by atoms with Crippen LogP contribution in [0.25, 0.3) is 0 Å².